The predicted molar refractivity (Wildman–Crippen MR) is 60.4 cm³/mol. The van der Waals surface area contributed by atoms with E-state index in [1.807, 2.05) is 0 Å². The number of hydrogen-bond donors (Lipinski definition) is 0. The van der Waals surface area contributed by atoms with Crippen molar-refractivity contribution >= 4 is 5.78 Å². The van der Waals surface area contributed by atoms with Crippen LogP contribution in [0.1, 0.15) is 40.0 Å². The summed E-state index contributed by atoms with van der Waals surface area (Å²) in [4.78, 5) is 10.9. The highest BCUT2D eigenvalue weighted by Gasteiger charge is 2.80. The van der Waals surface area contributed by atoms with Crippen molar-refractivity contribution in [2.45, 2.75) is 40.0 Å². The van der Waals surface area contributed by atoms with Crippen LogP contribution >= 0.6 is 0 Å². The molecule has 3 atom stereocenters. The molecule has 0 radical (unpaired) electrons. The van der Waals surface area contributed by atoms with Gasteiger partial charge in [-0.05, 0) is 60.8 Å². The number of hydrogen-bond acceptors (Lipinski definition) is 1. The second-order valence-electron chi connectivity index (χ2n) is 6.30. The standard InChI is InChI=1S/C14H20O/c1-9(15)5-4-6-13(2)10-7-11-12(8-10)14(11,13)3/h4-5,10-12H,6-8H2,1-3H3. The molecule has 0 heterocycles. The van der Waals surface area contributed by atoms with Crippen molar-refractivity contribution in [2.24, 2.45) is 28.6 Å². The van der Waals surface area contributed by atoms with Crippen LogP contribution in [0.4, 0.5) is 0 Å². The zero-order valence-corrected chi connectivity index (χ0v) is 9.92. The zero-order chi connectivity index (χ0) is 10.8. The molecule has 4 rings (SSSR count). The van der Waals surface area contributed by atoms with Crippen LogP contribution in [0.25, 0.3) is 0 Å². The minimum Gasteiger partial charge on any atom is -0.295 e. The van der Waals surface area contributed by atoms with Gasteiger partial charge >= 0.3 is 0 Å². The maximum Gasteiger partial charge on any atom is 0.152 e. The maximum absolute atomic E-state index is 10.9. The average Bonchev–Trinajstić information content (AvgIpc) is 2.53. The van der Waals surface area contributed by atoms with Gasteiger partial charge < -0.3 is 0 Å². The van der Waals surface area contributed by atoms with Gasteiger partial charge in [-0.1, -0.05) is 19.9 Å². The SMILES string of the molecule is CC(=O)C=CCC1(C)C2CC3C(C2)C31C. The summed E-state index contributed by atoms with van der Waals surface area (Å²) in [6.07, 6.45) is 7.91. The van der Waals surface area contributed by atoms with E-state index in [-0.39, 0.29) is 5.78 Å². The van der Waals surface area contributed by atoms with E-state index >= 15 is 0 Å². The Morgan fingerprint density at radius 3 is 2.33 bits per heavy atom. The molecule has 0 aromatic heterocycles. The topological polar surface area (TPSA) is 17.1 Å². The lowest BCUT2D eigenvalue weighted by molar-refractivity contribution is -0.112. The highest BCUT2D eigenvalue weighted by Crippen LogP contribution is 2.86. The van der Waals surface area contributed by atoms with E-state index in [0.717, 1.165) is 24.2 Å². The van der Waals surface area contributed by atoms with Gasteiger partial charge in [0.2, 0.25) is 0 Å². The van der Waals surface area contributed by atoms with Crippen molar-refractivity contribution in [3.05, 3.63) is 12.2 Å². The Morgan fingerprint density at radius 2 is 1.93 bits per heavy atom. The Kier molecular flexibility index (Phi) is 1.64. The quantitative estimate of drug-likeness (QED) is 0.645. The summed E-state index contributed by atoms with van der Waals surface area (Å²) < 4.78 is 0. The summed E-state index contributed by atoms with van der Waals surface area (Å²) in [6.45, 7) is 6.57. The van der Waals surface area contributed by atoms with Gasteiger partial charge in [-0.25, -0.2) is 0 Å². The number of carbonyl (C=O) groups excluding carboxylic acids is 1. The molecule has 4 fully saturated rings. The summed E-state index contributed by atoms with van der Waals surface area (Å²) in [6, 6.07) is 0. The number of ketones is 1. The van der Waals surface area contributed by atoms with Crippen LogP contribution in [-0.4, -0.2) is 5.78 Å². The molecule has 0 saturated heterocycles. The van der Waals surface area contributed by atoms with E-state index in [1.165, 1.54) is 12.8 Å². The molecular weight excluding hydrogens is 184 g/mol. The molecule has 4 saturated carbocycles. The zero-order valence-electron chi connectivity index (χ0n) is 9.92. The molecule has 0 amide bonds. The van der Waals surface area contributed by atoms with Crippen molar-refractivity contribution in [3.63, 3.8) is 0 Å². The van der Waals surface area contributed by atoms with Crippen LogP contribution < -0.4 is 0 Å². The van der Waals surface area contributed by atoms with Crippen LogP contribution in [0.3, 0.4) is 0 Å². The minimum absolute atomic E-state index is 0.182. The molecule has 82 valence electrons. The Hall–Kier alpha value is -0.590. The Labute approximate surface area is 91.9 Å². The van der Waals surface area contributed by atoms with E-state index in [4.69, 9.17) is 0 Å². The molecule has 3 unspecified atom stereocenters. The molecule has 4 bridgehead atoms. The van der Waals surface area contributed by atoms with Crippen LogP contribution in [0.2, 0.25) is 0 Å². The summed E-state index contributed by atoms with van der Waals surface area (Å²) >= 11 is 0. The van der Waals surface area contributed by atoms with Crippen molar-refractivity contribution in [1.82, 2.24) is 0 Å². The Bertz CT molecular complexity index is 342. The summed E-state index contributed by atoms with van der Waals surface area (Å²) in [7, 11) is 0. The van der Waals surface area contributed by atoms with Crippen molar-refractivity contribution in [2.75, 3.05) is 0 Å². The highest BCUT2D eigenvalue weighted by molar-refractivity contribution is 5.87. The molecule has 4 aliphatic rings. The predicted octanol–water partition coefficient (Wildman–Crippen LogP) is 3.20. The van der Waals surface area contributed by atoms with Crippen LogP contribution in [-0.2, 0) is 4.79 Å². The van der Waals surface area contributed by atoms with Gasteiger partial charge in [0.25, 0.3) is 0 Å². The van der Waals surface area contributed by atoms with Gasteiger partial charge in [-0.15, -0.1) is 0 Å². The maximum atomic E-state index is 10.9. The van der Waals surface area contributed by atoms with Crippen LogP contribution in [0.5, 0.6) is 0 Å². The molecule has 4 aliphatic carbocycles. The highest BCUT2D eigenvalue weighted by atomic mass is 16.1. The lowest BCUT2D eigenvalue weighted by Crippen LogP contribution is -2.26. The van der Waals surface area contributed by atoms with E-state index in [9.17, 15) is 4.79 Å². The van der Waals surface area contributed by atoms with Crippen molar-refractivity contribution < 1.29 is 4.79 Å². The number of allylic oxidation sites excluding steroid dienone is 2. The third-order valence-corrected chi connectivity index (χ3v) is 6.02. The van der Waals surface area contributed by atoms with Gasteiger partial charge in [0.15, 0.2) is 5.78 Å². The van der Waals surface area contributed by atoms with Gasteiger partial charge in [-0.3, -0.25) is 4.79 Å². The Morgan fingerprint density at radius 1 is 1.33 bits per heavy atom. The van der Waals surface area contributed by atoms with Crippen molar-refractivity contribution in [1.29, 1.82) is 0 Å². The molecule has 15 heavy (non-hydrogen) atoms. The third kappa shape index (κ3) is 0.926. The summed E-state index contributed by atoms with van der Waals surface area (Å²) in [5.41, 5.74) is 1.12. The fourth-order valence-corrected chi connectivity index (χ4v) is 4.89. The molecule has 0 aromatic rings. The van der Waals surface area contributed by atoms with Gasteiger partial charge in [0, 0.05) is 0 Å². The monoisotopic (exact) mass is 204 g/mol. The molecule has 0 aromatic carbocycles. The summed E-state index contributed by atoms with van der Waals surface area (Å²) in [5, 5.41) is 0. The molecule has 1 nitrogen and oxygen atoms in total. The second kappa shape index (κ2) is 2.56. The normalized spacial score (nSPS) is 55.3. The fraction of sp³-hybridized carbons (Fsp3) is 0.786. The first-order valence-corrected chi connectivity index (χ1v) is 6.17. The fourth-order valence-electron chi connectivity index (χ4n) is 4.89. The number of carbonyl (C=O) groups is 1. The first kappa shape index (κ1) is 9.62. The lowest BCUT2D eigenvalue weighted by atomic mass is 9.71. The second-order valence-corrected chi connectivity index (χ2v) is 6.30. The van der Waals surface area contributed by atoms with Gasteiger partial charge in [0.05, 0.1) is 0 Å². The summed E-state index contributed by atoms with van der Waals surface area (Å²) in [5.74, 6) is 3.17. The van der Waals surface area contributed by atoms with Gasteiger partial charge in [-0.2, -0.15) is 0 Å². The largest absolute Gasteiger partial charge is 0.295 e. The molecule has 0 aliphatic heterocycles. The van der Waals surface area contributed by atoms with Crippen molar-refractivity contribution in [3.8, 4) is 0 Å². The smallest absolute Gasteiger partial charge is 0.152 e. The first-order valence-electron chi connectivity index (χ1n) is 6.17. The third-order valence-electron chi connectivity index (χ3n) is 6.02. The van der Waals surface area contributed by atoms with Crippen LogP contribution in [0.15, 0.2) is 12.2 Å². The Balaban J connectivity index is 1.79. The lowest BCUT2D eigenvalue weighted by Gasteiger charge is -2.33. The van der Waals surface area contributed by atoms with E-state index in [0.29, 0.717) is 10.8 Å². The minimum atomic E-state index is 0.182. The average molecular weight is 204 g/mol. The molecule has 1 heteroatoms. The van der Waals surface area contributed by atoms with E-state index < -0.39 is 0 Å². The first-order chi connectivity index (χ1) is 7.00. The van der Waals surface area contributed by atoms with Gasteiger partial charge in [0.1, 0.15) is 0 Å². The number of rotatable bonds is 3. The van der Waals surface area contributed by atoms with E-state index in [2.05, 4.69) is 19.9 Å². The molecule has 0 spiro atoms. The molecule has 0 N–H and O–H groups in total. The van der Waals surface area contributed by atoms with Crippen LogP contribution in [0, 0.1) is 28.6 Å². The van der Waals surface area contributed by atoms with E-state index in [1.54, 1.807) is 13.0 Å². The molecular formula is C14H20O.